The van der Waals surface area contributed by atoms with Gasteiger partial charge in [0.2, 0.25) is 5.95 Å². The maximum atomic E-state index is 5.99. The van der Waals surface area contributed by atoms with Gasteiger partial charge in [-0.15, -0.1) is 11.3 Å². The van der Waals surface area contributed by atoms with Crippen molar-refractivity contribution in [2.24, 2.45) is 5.73 Å². The Hall–Kier alpha value is -1.53. The van der Waals surface area contributed by atoms with Crippen LogP contribution in [0, 0.1) is 0 Å². The van der Waals surface area contributed by atoms with Gasteiger partial charge >= 0.3 is 0 Å². The normalized spacial score (nSPS) is 20.1. The Balaban J connectivity index is 1.86. The van der Waals surface area contributed by atoms with E-state index in [9.17, 15) is 0 Å². The molecule has 5 nitrogen and oxygen atoms in total. The molecule has 0 bridgehead atoms. The van der Waals surface area contributed by atoms with Crippen LogP contribution in [-0.4, -0.2) is 34.1 Å². The lowest BCUT2D eigenvalue weighted by Gasteiger charge is -2.30. The van der Waals surface area contributed by atoms with Crippen molar-refractivity contribution in [3.8, 4) is 10.7 Å². The van der Waals surface area contributed by atoms with Gasteiger partial charge in [-0.1, -0.05) is 0 Å². The molecule has 2 N–H and O–H groups in total. The molecule has 0 saturated carbocycles. The van der Waals surface area contributed by atoms with E-state index in [1.807, 2.05) is 11.4 Å². The fourth-order valence-corrected chi connectivity index (χ4v) is 2.77. The van der Waals surface area contributed by atoms with E-state index in [-0.39, 0.29) is 6.04 Å². The van der Waals surface area contributed by atoms with Crippen LogP contribution in [0.5, 0.6) is 0 Å². The molecule has 0 spiro atoms. The van der Waals surface area contributed by atoms with Crippen LogP contribution in [0.1, 0.15) is 12.8 Å². The van der Waals surface area contributed by atoms with Crippen molar-refractivity contribution in [3.63, 3.8) is 0 Å². The molecule has 1 fully saturated rings. The van der Waals surface area contributed by atoms with E-state index in [1.54, 1.807) is 23.7 Å². The van der Waals surface area contributed by atoms with Crippen LogP contribution in [-0.2, 0) is 0 Å². The number of nitrogens with two attached hydrogens (primary N) is 1. The summed E-state index contributed by atoms with van der Waals surface area (Å²) in [4.78, 5) is 15.4. The highest BCUT2D eigenvalue weighted by Gasteiger charge is 2.19. The highest BCUT2D eigenvalue weighted by molar-refractivity contribution is 7.13. The zero-order valence-electron chi connectivity index (χ0n) is 9.99. The lowest BCUT2D eigenvalue weighted by atomic mass is 10.1. The Morgan fingerprint density at radius 1 is 1.33 bits per heavy atom. The van der Waals surface area contributed by atoms with Crippen LogP contribution in [0.4, 0.5) is 5.95 Å². The van der Waals surface area contributed by atoms with Gasteiger partial charge < -0.3 is 10.6 Å². The number of hydrogen-bond donors (Lipinski definition) is 1. The molecule has 1 atom stereocenters. The third-order valence-corrected chi connectivity index (χ3v) is 3.83. The highest BCUT2D eigenvalue weighted by atomic mass is 32.1. The summed E-state index contributed by atoms with van der Waals surface area (Å²) < 4.78 is 0. The Labute approximate surface area is 110 Å². The largest absolute Gasteiger partial charge is 0.339 e. The molecule has 0 aliphatic carbocycles. The maximum absolute atomic E-state index is 5.99. The second kappa shape index (κ2) is 4.99. The number of aromatic nitrogens is 3. The Morgan fingerprint density at radius 3 is 3.06 bits per heavy atom. The predicted molar refractivity (Wildman–Crippen MR) is 72.6 cm³/mol. The average Bonchev–Trinajstić information content (AvgIpc) is 2.93. The summed E-state index contributed by atoms with van der Waals surface area (Å²) in [5, 5.41) is 2.88. The fourth-order valence-electron chi connectivity index (χ4n) is 2.16. The van der Waals surface area contributed by atoms with Crippen LogP contribution in [0.25, 0.3) is 10.7 Å². The van der Waals surface area contributed by atoms with Gasteiger partial charge in [0.15, 0.2) is 0 Å². The Kier molecular flexibility index (Phi) is 3.21. The molecule has 1 saturated heterocycles. The lowest BCUT2D eigenvalue weighted by molar-refractivity contribution is 0.500. The molecule has 18 heavy (non-hydrogen) atoms. The van der Waals surface area contributed by atoms with Crippen LogP contribution >= 0.6 is 11.3 Å². The Morgan fingerprint density at radius 2 is 2.28 bits per heavy atom. The summed E-state index contributed by atoms with van der Waals surface area (Å²) in [7, 11) is 0. The molecule has 1 aliphatic rings. The highest BCUT2D eigenvalue weighted by Crippen LogP contribution is 2.22. The van der Waals surface area contributed by atoms with Crippen molar-refractivity contribution in [3.05, 3.63) is 23.8 Å². The van der Waals surface area contributed by atoms with Gasteiger partial charge in [0.05, 0.1) is 0 Å². The number of nitrogens with zero attached hydrogens (tertiary/aromatic N) is 4. The first-order valence-corrected chi connectivity index (χ1v) is 6.94. The summed E-state index contributed by atoms with van der Waals surface area (Å²) in [6.07, 6.45) is 5.77. The second-order valence-corrected chi connectivity index (χ2v) is 5.32. The topological polar surface area (TPSA) is 67.9 Å². The van der Waals surface area contributed by atoms with Crippen molar-refractivity contribution in [1.29, 1.82) is 0 Å². The van der Waals surface area contributed by atoms with Gasteiger partial charge in [0.25, 0.3) is 0 Å². The first-order chi connectivity index (χ1) is 8.83. The second-order valence-electron chi connectivity index (χ2n) is 4.43. The quantitative estimate of drug-likeness (QED) is 0.888. The smallest absolute Gasteiger partial charge is 0.225 e. The van der Waals surface area contributed by atoms with Crippen LogP contribution in [0.2, 0.25) is 0 Å². The zero-order chi connectivity index (χ0) is 12.4. The summed E-state index contributed by atoms with van der Waals surface area (Å²) in [5.41, 5.74) is 6.87. The number of hydrogen-bond acceptors (Lipinski definition) is 6. The Bertz CT molecular complexity index is 513. The lowest BCUT2D eigenvalue weighted by Crippen LogP contribution is -2.43. The molecule has 0 radical (unpaired) electrons. The van der Waals surface area contributed by atoms with Crippen LogP contribution < -0.4 is 10.6 Å². The van der Waals surface area contributed by atoms with Crippen LogP contribution in [0.3, 0.4) is 0 Å². The van der Waals surface area contributed by atoms with E-state index < -0.39 is 0 Å². The summed E-state index contributed by atoms with van der Waals surface area (Å²) >= 11 is 1.59. The van der Waals surface area contributed by atoms with Crippen molar-refractivity contribution in [2.45, 2.75) is 18.9 Å². The molecule has 1 unspecified atom stereocenters. The molecular formula is C12H15N5S. The molecule has 3 rings (SSSR count). The average molecular weight is 261 g/mol. The maximum Gasteiger partial charge on any atom is 0.225 e. The zero-order valence-corrected chi connectivity index (χ0v) is 10.8. The van der Waals surface area contributed by atoms with E-state index in [0.717, 1.165) is 42.6 Å². The third-order valence-electron chi connectivity index (χ3n) is 3.03. The number of piperidine rings is 1. The fraction of sp³-hybridized carbons (Fsp3) is 0.417. The molecule has 6 heteroatoms. The summed E-state index contributed by atoms with van der Waals surface area (Å²) in [6, 6.07) is 2.12. The van der Waals surface area contributed by atoms with Gasteiger partial charge in [-0.2, -0.15) is 0 Å². The molecule has 2 aromatic rings. The van der Waals surface area contributed by atoms with Crippen molar-refractivity contribution >= 4 is 17.3 Å². The number of anilines is 1. The van der Waals surface area contributed by atoms with Crippen molar-refractivity contribution in [2.75, 3.05) is 18.0 Å². The first kappa shape index (κ1) is 11.6. The number of rotatable bonds is 2. The standard InChI is InChI=1S/C12H15N5S/c13-9-2-1-6-17(8-9)12-15-4-3-10(16-12)11-14-5-7-18-11/h3-5,7,9H,1-2,6,8,13H2. The van der Waals surface area contributed by atoms with Gasteiger partial charge in [-0.3, -0.25) is 0 Å². The minimum Gasteiger partial charge on any atom is -0.339 e. The van der Waals surface area contributed by atoms with Crippen molar-refractivity contribution in [1.82, 2.24) is 15.0 Å². The van der Waals surface area contributed by atoms with E-state index >= 15 is 0 Å². The molecule has 3 heterocycles. The van der Waals surface area contributed by atoms with Gasteiger partial charge in [-0.05, 0) is 18.9 Å². The molecule has 2 aromatic heterocycles. The van der Waals surface area contributed by atoms with Gasteiger partial charge in [0, 0.05) is 36.9 Å². The number of thiazole rings is 1. The minimum atomic E-state index is 0.228. The predicted octanol–water partition coefficient (Wildman–Crippen LogP) is 1.53. The first-order valence-electron chi connectivity index (χ1n) is 6.06. The van der Waals surface area contributed by atoms with Crippen molar-refractivity contribution < 1.29 is 0 Å². The monoisotopic (exact) mass is 261 g/mol. The van der Waals surface area contributed by atoms with E-state index in [0.29, 0.717) is 0 Å². The van der Waals surface area contributed by atoms with Crippen LogP contribution in [0.15, 0.2) is 23.8 Å². The molecule has 0 amide bonds. The van der Waals surface area contributed by atoms with Gasteiger partial charge in [0.1, 0.15) is 10.7 Å². The van der Waals surface area contributed by atoms with E-state index in [4.69, 9.17) is 5.73 Å². The van der Waals surface area contributed by atoms with E-state index in [2.05, 4.69) is 19.9 Å². The molecule has 1 aliphatic heterocycles. The third kappa shape index (κ3) is 2.34. The SMILES string of the molecule is NC1CCCN(c2nccc(-c3nccs3)n2)C1. The molecule has 94 valence electrons. The molecular weight excluding hydrogens is 246 g/mol. The summed E-state index contributed by atoms with van der Waals surface area (Å²) in [6.45, 7) is 1.82. The minimum absolute atomic E-state index is 0.228. The summed E-state index contributed by atoms with van der Waals surface area (Å²) in [5.74, 6) is 0.762. The van der Waals surface area contributed by atoms with E-state index in [1.165, 1.54) is 0 Å². The molecule has 0 aromatic carbocycles. The van der Waals surface area contributed by atoms with Gasteiger partial charge in [-0.25, -0.2) is 15.0 Å².